The van der Waals surface area contributed by atoms with Crippen LogP contribution in [0.3, 0.4) is 0 Å². The highest BCUT2D eigenvalue weighted by atomic mass is 32.1. The number of hydrogen-bond acceptors (Lipinski definition) is 5. The molecule has 2 heterocycles. The molecule has 0 saturated carbocycles. The van der Waals surface area contributed by atoms with E-state index in [9.17, 15) is 0 Å². The first-order valence-corrected chi connectivity index (χ1v) is 7.41. The van der Waals surface area contributed by atoms with E-state index in [1.54, 1.807) is 18.4 Å². The molecule has 2 rings (SSSR count). The molecule has 0 aliphatic carbocycles. The van der Waals surface area contributed by atoms with Crippen LogP contribution in [-0.2, 0) is 16.8 Å². The molecule has 1 N–H and O–H groups in total. The zero-order valence-electron chi connectivity index (χ0n) is 12.7. The van der Waals surface area contributed by atoms with Gasteiger partial charge in [-0.1, -0.05) is 20.8 Å². The molecule has 0 unspecified atom stereocenters. The zero-order chi connectivity index (χ0) is 14.8. The minimum Gasteiger partial charge on any atom is -0.378 e. The van der Waals surface area contributed by atoms with Crippen LogP contribution in [0.2, 0.25) is 0 Å². The van der Waals surface area contributed by atoms with E-state index >= 15 is 0 Å². The average molecular weight is 291 g/mol. The fourth-order valence-electron chi connectivity index (χ4n) is 1.82. The van der Waals surface area contributed by atoms with Crippen LogP contribution >= 0.6 is 11.3 Å². The molecule has 4 nitrogen and oxygen atoms in total. The normalized spacial score (nSPS) is 11.7. The molecular formula is C15H21N3OS. The van der Waals surface area contributed by atoms with Gasteiger partial charge >= 0.3 is 0 Å². The highest BCUT2D eigenvalue weighted by molar-refractivity contribution is 7.15. The van der Waals surface area contributed by atoms with Crippen LogP contribution in [-0.4, -0.2) is 24.1 Å². The summed E-state index contributed by atoms with van der Waals surface area (Å²) in [6.45, 7) is 7.12. The Morgan fingerprint density at radius 1 is 1.25 bits per heavy atom. The van der Waals surface area contributed by atoms with Gasteiger partial charge in [0.2, 0.25) is 0 Å². The monoisotopic (exact) mass is 291 g/mol. The first-order chi connectivity index (χ1) is 9.44. The maximum Gasteiger partial charge on any atom is 0.171 e. The standard InChI is InChI=1S/C15H21N3OS/c1-15(2,3)12-7-6-11(20-12)14-17-10(9-19-5)8-13(16-4)18-14/h6-8H,9H2,1-5H3,(H,16,17,18). The Labute approximate surface area is 124 Å². The zero-order valence-corrected chi connectivity index (χ0v) is 13.5. The Hall–Kier alpha value is -1.46. The second-order valence-electron chi connectivity index (χ2n) is 5.67. The molecule has 0 spiro atoms. The van der Waals surface area contributed by atoms with Gasteiger partial charge in [-0.3, -0.25) is 0 Å². The molecule has 0 aliphatic rings. The Kier molecular flexibility index (Phi) is 4.40. The van der Waals surface area contributed by atoms with Crippen molar-refractivity contribution in [2.75, 3.05) is 19.5 Å². The third-order valence-electron chi connectivity index (χ3n) is 2.89. The van der Waals surface area contributed by atoms with Gasteiger partial charge in [-0.05, 0) is 17.5 Å². The van der Waals surface area contributed by atoms with Gasteiger partial charge in [0.25, 0.3) is 0 Å². The van der Waals surface area contributed by atoms with Gasteiger partial charge in [0.15, 0.2) is 5.82 Å². The van der Waals surface area contributed by atoms with Crippen molar-refractivity contribution in [3.8, 4) is 10.7 Å². The highest BCUT2D eigenvalue weighted by Crippen LogP contribution is 2.34. The van der Waals surface area contributed by atoms with Gasteiger partial charge in [-0.2, -0.15) is 0 Å². The molecule has 0 fully saturated rings. The lowest BCUT2D eigenvalue weighted by molar-refractivity contribution is 0.181. The fraction of sp³-hybridized carbons (Fsp3) is 0.467. The third-order valence-corrected chi connectivity index (χ3v) is 4.40. The van der Waals surface area contributed by atoms with E-state index in [4.69, 9.17) is 4.74 Å². The maximum absolute atomic E-state index is 5.16. The number of ether oxygens (including phenoxy) is 1. The minimum atomic E-state index is 0.152. The van der Waals surface area contributed by atoms with Crippen LogP contribution < -0.4 is 5.32 Å². The minimum absolute atomic E-state index is 0.152. The van der Waals surface area contributed by atoms with Crippen molar-refractivity contribution in [2.24, 2.45) is 0 Å². The molecule has 0 saturated heterocycles. The maximum atomic E-state index is 5.16. The lowest BCUT2D eigenvalue weighted by atomic mass is 9.95. The summed E-state index contributed by atoms with van der Waals surface area (Å²) in [6.07, 6.45) is 0. The first-order valence-electron chi connectivity index (χ1n) is 6.59. The van der Waals surface area contributed by atoms with E-state index in [0.29, 0.717) is 6.61 Å². The fourth-order valence-corrected chi connectivity index (χ4v) is 2.82. The van der Waals surface area contributed by atoms with Crippen molar-refractivity contribution in [3.05, 3.63) is 28.8 Å². The average Bonchev–Trinajstić information content (AvgIpc) is 2.88. The summed E-state index contributed by atoms with van der Waals surface area (Å²) in [5.74, 6) is 1.57. The molecule has 0 bridgehead atoms. The van der Waals surface area contributed by atoms with Crippen LogP contribution in [0.15, 0.2) is 18.2 Å². The lowest BCUT2D eigenvalue weighted by Gasteiger charge is -2.15. The number of anilines is 1. The van der Waals surface area contributed by atoms with E-state index < -0.39 is 0 Å². The van der Waals surface area contributed by atoms with Crippen LogP contribution in [0.25, 0.3) is 10.7 Å². The number of nitrogens with one attached hydrogen (secondary N) is 1. The van der Waals surface area contributed by atoms with Gasteiger partial charge in [-0.15, -0.1) is 11.3 Å². The summed E-state index contributed by atoms with van der Waals surface area (Å²) >= 11 is 1.75. The number of aromatic nitrogens is 2. The Balaban J connectivity index is 2.41. The van der Waals surface area contributed by atoms with Crippen molar-refractivity contribution >= 4 is 17.2 Å². The highest BCUT2D eigenvalue weighted by Gasteiger charge is 2.17. The summed E-state index contributed by atoms with van der Waals surface area (Å²) in [5, 5.41) is 3.07. The molecule has 5 heteroatoms. The molecule has 0 amide bonds. The Morgan fingerprint density at radius 2 is 2.00 bits per heavy atom. The van der Waals surface area contributed by atoms with Crippen molar-refractivity contribution in [1.82, 2.24) is 9.97 Å². The largest absolute Gasteiger partial charge is 0.378 e. The molecule has 0 atom stereocenters. The second kappa shape index (κ2) is 5.89. The number of nitrogens with zero attached hydrogens (tertiary/aromatic N) is 2. The smallest absolute Gasteiger partial charge is 0.171 e. The molecular weight excluding hydrogens is 270 g/mol. The summed E-state index contributed by atoms with van der Waals surface area (Å²) in [6, 6.07) is 6.16. The second-order valence-corrected chi connectivity index (χ2v) is 6.75. The van der Waals surface area contributed by atoms with E-state index in [0.717, 1.165) is 22.2 Å². The predicted octanol–water partition coefficient (Wildman–Crippen LogP) is 3.69. The number of hydrogen-bond donors (Lipinski definition) is 1. The van der Waals surface area contributed by atoms with Crippen LogP contribution in [0.5, 0.6) is 0 Å². The molecule has 0 aliphatic heterocycles. The molecule has 2 aromatic rings. The molecule has 0 radical (unpaired) electrons. The van der Waals surface area contributed by atoms with Crippen molar-refractivity contribution in [1.29, 1.82) is 0 Å². The van der Waals surface area contributed by atoms with Crippen LogP contribution in [0.4, 0.5) is 5.82 Å². The molecule has 2 aromatic heterocycles. The summed E-state index contributed by atoms with van der Waals surface area (Å²) in [4.78, 5) is 11.5. The van der Waals surface area contributed by atoms with Gasteiger partial charge in [0, 0.05) is 25.1 Å². The van der Waals surface area contributed by atoms with Crippen LogP contribution in [0.1, 0.15) is 31.3 Å². The summed E-state index contributed by atoms with van der Waals surface area (Å²) in [5.41, 5.74) is 1.03. The van der Waals surface area contributed by atoms with E-state index in [1.807, 2.05) is 13.1 Å². The van der Waals surface area contributed by atoms with Gasteiger partial charge in [0.05, 0.1) is 17.2 Å². The molecule has 20 heavy (non-hydrogen) atoms. The van der Waals surface area contributed by atoms with Crippen molar-refractivity contribution < 1.29 is 4.74 Å². The molecule has 108 valence electrons. The first kappa shape index (κ1) is 14.9. The third kappa shape index (κ3) is 3.35. The van der Waals surface area contributed by atoms with E-state index in [2.05, 4.69) is 48.2 Å². The number of rotatable bonds is 4. The van der Waals surface area contributed by atoms with E-state index in [-0.39, 0.29) is 5.41 Å². The number of methoxy groups -OCH3 is 1. The van der Waals surface area contributed by atoms with E-state index in [1.165, 1.54) is 4.88 Å². The van der Waals surface area contributed by atoms with Gasteiger partial charge in [-0.25, -0.2) is 9.97 Å². The lowest BCUT2D eigenvalue weighted by Crippen LogP contribution is -2.07. The van der Waals surface area contributed by atoms with Gasteiger partial charge < -0.3 is 10.1 Å². The SMILES string of the molecule is CNc1cc(COC)nc(-c2ccc(C(C)(C)C)s2)n1. The Bertz CT molecular complexity index is 587. The van der Waals surface area contributed by atoms with Crippen molar-refractivity contribution in [3.63, 3.8) is 0 Å². The van der Waals surface area contributed by atoms with Crippen molar-refractivity contribution in [2.45, 2.75) is 32.8 Å². The summed E-state index contributed by atoms with van der Waals surface area (Å²) in [7, 11) is 3.53. The van der Waals surface area contributed by atoms with Gasteiger partial charge in [0.1, 0.15) is 5.82 Å². The topological polar surface area (TPSA) is 47.0 Å². The molecule has 0 aromatic carbocycles. The van der Waals surface area contributed by atoms with Crippen LogP contribution in [0, 0.1) is 0 Å². The number of thiophene rings is 1. The Morgan fingerprint density at radius 3 is 2.55 bits per heavy atom. The quantitative estimate of drug-likeness (QED) is 0.933. The predicted molar refractivity (Wildman–Crippen MR) is 84.3 cm³/mol. The summed E-state index contributed by atoms with van der Waals surface area (Å²) < 4.78 is 5.16.